The summed E-state index contributed by atoms with van der Waals surface area (Å²) in [6, 6.07) is 0. The Morgan fingerprint density at radius 1 is 0.714 bits per heavy atom. The van der Waals surface area contributed by atoms with Crippen LogP contribution in [-0.2, 0) is 0 Å². The third kappa shape index (κ3) is 6.42. The Kier molecular flexibility index (Phi) is 4.21. The molecule has 0 aliphatic carbocycles. The molecular weight excluding hydrogens is 172 g/mol. The minimum atomic E-state index is 0.0503. The van der Waals surface area contributed by atoms with Gasteiger partial charge in [0.2, 0.25) is 0 Å². The summed E-state index contributed by atoms with van der Waals surface area (Å²) < 4.78 is 0. The first-order valence-corrected chi connectivity index (χ1v) is 5.58. The number of aliphatic hydroxyl groups is 1. The van der Waals surface area contributed by atoms with E-state index in [1.54, 1.807) is 0 Å². The third-order valence-electron chi connectivity index (χ3n) is 2.39. The van der Waals surface area contributed by atoms with Crippen molar-refractivity contribution in [3.8, 4) is 0 Å². The highest BCUT2D eigenvalue weighted by Gasteiger charge is 2.31. The number of hydrogen-bond donors (Lipinski definition) is 1. The first-order valence-electron chi connectivity index (χ1n) is 5.58. The molecule has 0 rings (SSSR count). The van der Waals surface area contributed by atoms with Crippen molar-refractivity contribution in [3.05, 3.63) is 0 Å². The van der Waals surface area contributed by atoms with Crippen LogP contribution in [-0.4, -0.2) is 11.7 Å². The van der Waals surface area contributed by atoms with Crippen molar-refractivity contribution >= 4 is 0 Å². The summed E-state index contributed by atoms with van der Waals surface area (Å²) in [5.41, 5.74) is 0.730. The van der Waals surface area contributed by atoms with Crippen LogP contribution in [0.1, 0.15) is 61.3 Å². The maximum atomic E-state index is 9.26. The van der Waals surface area contributed by atoms with Gasteiger partial charge in [-0.2, -0.15) is 0 Å². The third-order valence-corrected chi connectivity index (χ3v) is 2.39. The number of hydrogen-bond acceptors (Lipinski definition) is 1. The molecule has 0 spiro atoms. The molecule has 0 aromatic heterocycles. The van der Waals surface area contributed by atoms with Gasteiger partial charge in [0.05, 0.1) is 0 Å². The summed E-state index contributed by atoms with van der Waals surface area (Å²) in [5.74, 6) is 0. The SMILES string of the molecule is CC(C)(C)CC(C)(C)CC(C)(C)CO. The smallest absolute Gasteiger partial charge is 0.0482 e. The van der Waals surface area contributed by atoms with Crippen LogP contribution >= 0.6 is 0 Å². The minimum absolute atomic E-state index is 0.0503. The van der Waals surface area contributed by atoms with E-state index in [0.29, 0.717) is 10.8 Å². The van der Waals surface area contributed by atoms with Crippen LogP contribution in [0.5, 0.6) is 0 Å². The average molecular weight is 200 g/mol. The van der Waals surface area contributed by atoms with Crippen molar-refractivity contribution in [2.24, 2.45) is 16.2 Å². The first-order chi connectivity index (χ1) is 5.97. The van der Waals surface area contributed by atoms with Crippen molar-refractivity contribution in [2.75, 3.05) is 6.61 Å². The van der Waals surface area contributed by atoms with Gasteiger partial charge < -0.3 is 5.11 Å². The second-order valence-corrected chi connectivity index (χ2v) is 7.40. The molecule has 0 saturated carbocycles. The summed E-state index contributed by atoms with van der Waals surface area (Å²) in [5, 5.41) is 9.26. The highest BCUT2D eigenvalue weighted by molar-refractivity contribution is 4.82. The van der Waals surface area contributed by atoms with Crippen molar-refractivity contribution in [1.82, 2.24) is 0 Å². The van der Waals surface area contributed by atoms with E-state index >= 15 is 0 Å². The molecule has 0 aliphatic rings. The maximum absolute atomic E-state index is 9.26. The Labute approximate surface area is 89.9 Å². The summed E-state index contributed by atoms with van der Waals surface area (Å²) in [7, 11) is 0. The Morgan fingerprint density at radius 3 is 1.43 bits per heavy atom. The molecule has 14 heavy (non-hydrogen) atoms. The molecule has 0 bridgehead atoms. The lowest BCUT2D eigenvalue weighted by Crippen LogP contribution is -2.29. The standard InChI is InChI=1S/C13H28O/c1-11(2,3)8-12(4,5)9-13(6,7)10-14/h14H,8-10H2,1-7H3. The van der Waals surface area contributed by atoms with Crippen molar-refractivity contribution in [1.29, 1.82) is 0 Å². The molecule has 1 heteroatoms. The van der Waals surface area contributed by atoms with Gasteiger partial charge in [-0.05, 0) is 29.1 Å². The van der Waals surface area contributed by atoms with Crippen LogP contribution in [0, 0.1) is 16.2 Å². The van der Waals surface area contributed by atoms with Gasteiger partial charge in [0, 0.05) is 6.61 Å². The average Bonchev–Trinajstić information content (AvgIpc) is 1.78. The number of aliphatic hydroxyl groups excluding tert-OH is 1. The second kappa shape index (κ2) is 4.22. The van der Waals surface area contributed by atoms with E-state index in [4.69, 9.17) is 0 Å². The molecule has 0 fully saturated rings. The van der Waals surface area contributed by atoms with E-state index in [-0.39, 0.29) is 12.0 Å². The predicted octanol–water partition coefficient (Wildman–Crippen LogP) is 3.86. The molecule has 0 radical (unpaired) electrons. The fraction of sp³-hybridized carbons (Fsp3) is 1.00. The van der Waals surface area contributed by atoms with Crippen LogP contribution in [0.2, 0.25) is 0 Å². The zero-order chi connectivity index (χ0) is 11.6. The lowest BCUT2D eigenvalue weighted by atomic mass is 9.68. The summed E-state index contributed by atoms with van der Waals surface area (Å²) in [6.07, 6.45) is 2.28. The molecule has 1 N–H and O–H groups in total. The maximum Gasteiger partial charge on any atom is 0.0482 e. The fourth-order valence-corrected chi connectivity index (χ4v) is 2.85. The Bertz CT molecular complexity index is 172. The fourth-order valence-electron chi connectivity index (χ4n) is 2.85. The second-order valence-electron chi connectivity index (χ2n) is 7.40. The van der Waals surface area contributed by atoms with Crippen LogP contribution in [0.4, 0.5) is 0 Å². The van der Waals surface area contributed by atoms with Crippen molar-refractivity contribution in [2.45, 2.75) is 61.3 Å². The Hall–Kier alpha value is -0.0400. The van der Waals surface area contributed by atoms with E-state index in [2.05, 4.69) is 48.5 Å². The lowest BCUT2D eigenvalue weighted by molar-refractivity contribution is 0.0797. The van der Waals surface area contributed by atoms with Gasteiger partial charge in [0.25, 0.3) is 0 Å². The van der Waals surface area contributed by atoms with Crippen LogP contribution in [0.3, 0.4) is 0 Å². The van der Waals surface area contributed by atoms with Gasteiger partial charge in [0.15, 0.2) is 0 Å². The lowest BCUT2D eigenvalue weighted by Gasteiger charge is -2.38. The molecule has 1 nitrogen and oxygen atoms in total. The molecular formula is C13H28O. The molecule has 0 amide bonds. The normalized spacial score (nSPS) is 14.6. The van der Waals surface area contributed by atoms with Gasteiger partial charge in [-0.25, -0.2) is 0 Å². The molecule has 0 atom stereocenters. The van der Waals surface area contributed by atoms with E-state index in [1.165, 1.54) is 6.42 Å². The topological polar surface area (TPSA) is 20.2 Å². The summed E-state index contributed by atoms with van der Waals surface area (Å²) >= 11 is 0. The zero-order valence-corrected chi connectivity index (χ0v) is 11.1. The van der Waals surface area contributed by atoms with Gasteiger partial charge in [-0.1, -0.05) is 48.5 Å². The molecule has 0 saturated heterocycles. The van der Waals surface area contributed by atoms with E-state index in [0.717, 1.165) is 6.42 Å². The van der Waals surface area contributed by atoms with Gasteiger partial charge in [-0.15, -0.1) is 0 Å². The van der Waals surface area contributed by atoms with E-state index in [1.807, 2.05) is 0 Å². The summed E-state index contributed by atoms with van der Waals surface area (Å²) in [4.78, 5) is 0. The van der Waals surface area contributed by atoms with Crippen molar-refractivity contribution < 1.29 is 5.11 Å². The van der Waals surface area contributed by atoms with Gasteiger partial charge >= 0.3 is 0 Å². The number of rotatable bonds is 4. The largest absolute Gasteiger partial charge is 0.396 e. The van der Waals surface area contributed by atoms with E-state index < -0.39 is 0 Å². The molecule has 0 heterocycles. The molecule has 86 valence electrons. The van der Waals surface area contributed by atoms with E-state index in [9.17, 15) is 5.11 Å². The van der Waals surface area contributed by atoms with Crippen LogP contribution in [0.25, 0.3) is 0 Å². The first kappa shape index (κ1) is 14.0. The van der Waals surface area contributed by atoms with Crippen LogP contribution in [0.15, 0.2) is 0 Å². The molecule has 0 aromatic carbocycles. The molecule has 0 unspecified atom stereocenters. The van der Waals surface area contributed by atoms with Crippen molar-refractivity contribution in [3.63, 3.8) is 0 Å². The van der Waals surface area contributed by atoms with Gasteiger partial charge in [0.1, 0.15) is 0 Å². The predicted molar refractivity (Wildman–Crippen MR) is 63.3 cm³/mol. The monoisotopic (exact) mass is 200 g/mol. The quantitative estimate of drug-likeness (QED) is 0.730. The highest BCUT2D eigenvalue weighted by atomic mass is 16.3. The Morgan fingerprint density at radius 2 is 1.14 bits per heavy atom. The zero-order valence-electron chi connectivity index (χ0n) is 11.1. The van der Waals surface area contributed by atoms with Gasteiger partial charge in [-0.3, -0.25) is 0 Å². The summed E-state index contributed by atoms with van der Waals surface area (Å²) in [6.45, 7) is 16.0. The molecule has 0 aliphatic heterocycles. The molecule has 0 aromatic rings. The van der Waals surface area contributed by atoms with Crippen LogP contribution < -0.4 is 0 Å². The Balaban J connectivity index is 4.35. The minimum Gasteiger partial charge on any atom is -0.396 e. The highest BCUT2D eigenvalue weighted by Crippen LogP contribution is 2.41.